The van der Waals surface area contributed by atoms with E-state index in [0.717, 1.165) is 36.3 Å². The second-order valence-electron chi connectivity index (χ2n) is 7.43. The highest BCUT2D eigenvalue weighted by molar-refractivity contribution is 5.94. The third-order valence-electron chi connectivity index (χ3n) is 5.55. The zero-order valence-electron chi connectivity index (χ0n) is 16.6. The van der Waals surface area contributed by atoms with Crippen LogP contribution in [0.3, 0.4) is 0 Å². The fourth-order valence-electron chi connectivity index (χ4n) is 3.92. The first-order valence-corrected chi connectivity index (χ1v) is 10.0. The Morgan fingerprint density at radius 2 is 2.24 bits per heavy atom. The number of nitrogens with zero attached hydrogens (tertiary/aromatic N) is 2. The van der Waals surface area contributed by atoms with Crippen LogP contribution in [0.25, 0.3) is 0 Å². The van der Waals surface area contributed by atoms with Crippen LogP contribution in [0, 0.1) is 0 Å². The van der Waals surface area contributed by atoms with Gasteiger partial charge in [0.1, 0.15) is 5.75 Å². The van der Waals surface area contributed by atoms with Gasteiger partial charge in [-0.15, -0.1) is 0 Å². The van der Waals surface area contributed by atoms with E-state index >= 15 is 0 Å². The summed E-state index contributed by atoms with van der Waals surface area (Å²) in [6.45, 7) is 2.21. The van der Waals surface area contributed by atoms with Crippen molar-refractivity contribution < 1.29 is 19.1 Å². The van der Waals surface area contributed by atoms with Gasteiger partial charge in [-0.05, 0) is 18.9 Å². The maximum Gasteiger partial charge on any atom is 0.272 e. The van der Waals surface area contributed by atoms with Crippen LogP contribution >= 0.6 is 0 Å². The number of H-pyrrole nitrogens is 1. The molecule has 0 aliphatic carbocycles. The van der Waals surface area contributed by atoms with Gasteiger partial charge in [0.2, 0.25) is 5.91 Å². The van der Waals surface area contributed by atoms with Gasteiger partial charge in [-0.2, -0.15) is 5.10 Å². The monoisotopic (exact) mass is 398 g/mol. The molecular weight excluding hydrogens is 372 g/mol. The van der Waals surface area contributed by atoms with E-state index in [9.17, 15) is 9.59 Å². The number of aromatic amines is 1. The number of rotatable bonds is 6. The van der Waals surface area contributed by atoms with Crippen LogP contribution in [0.4, 0.5) is 0 Å². The molecule has 2 aliphatic heterocycles. The number of carbonyl (C=O) groups excluding carboxylic acids is 2. The fourth-order valence-corrected chi connectivity index (χ4v) is 3.92. The Bertz CT molecular complexity index is 889. The molecule has 2 N–H and O–H groups in total. The number of carbonyl (C=O) groups is 2. The topological polar surface area (TPSA) is 96.5 Å². The fraction of sp³-hybridized carbons (Fsp3) is 0.476. The van der Waals surface area contributed by atoms with Crippen LogP contribution in [-0.4, -0.2) is 59.8 Å². The van der Waals surface area contributed by atoms with Gasteiger partial charge < -0.3 is 19.7 Å². The SMILES string of the molecule is COc1ccccc1CC(=O)N1CCc2[nH]nc(C(=O)NCC3CCCO3)c2C1. The molecule has 0 radical (unpaired) electrons. The van der Waals surface area contributed by atoms with Gasteiger partial charge >= 0.3 is 0 Å². The van der Waals surface area contributed by atoms with E-state index in [0.29, 0.717) is 37.5 Å². The van der Waals surface area contributed by atoms with E-state index in [1.807, 2.05) is 24.3 Å². The molecule has 1 unspecified atom stereocenters. The van der Waals surface area contributed by atoms with Gasteiger partial charge in [-0.25, -0.2) is 0 Å². The van der Waals surface area contributed by atoms with Gasteiger partial charge in [0.25, 0.3) is 5.91 Å². The summed E-state index contributed by atoms with van der Waals surface area (Å²) in [5, 5.41) is 10.1. The van der Waals surface area contributed by atoms with E-state index in [1.165, 1.54) is 0 Å². The molecule has 2 amide bonds. The lowest BCUT2D eigenvalue weighted by atomic mass is 10.0. The number of para-hydroxylation sites is 1. The smallest absolute Gasteiger partial charge is 0.272 e. The van der Waals surface area contributed by atoms with Crippen LogP contribution in [0.5, 0.6) is 5.75 Å². The van der Waals surface area contributed by atoms with E-state index in [1.54, 1.807) is 12.0 Å². The average molecular weight is 398 g/mol. The molecule has 154 valence electrons. The van der Waals surface area contributed by atoms with E-state index in [2.05, 4.69) is 15.5 Å². The Morgan fingerprint density at radius 1 is 1.38 bits per heavy atom. The molecule has 8 nitrogen and oxygen atoms in total. The maximum absolute atomic E-state index is 12.9. The van der Waals surface area contributed by atoms with Gasteiger partial charge in [0, 0.05) is 49.5 Å². The van der Waals surface area contributed by atoms with Crippen molar-refractivity contribution >= 4 is 11.8 Å². The molecule has 2 aliphatic rings. The molecule has 3 heterocycles. The summed E-state index contributed by atoms with van der Waals surface area (Å²) in [7, 11) is 1.60. The standard InChI is InChI=1S/C21H26N4O4/c1-28-18-7-3-2-5-14(18)11-19(26)25-9-8-17-16(13-25)20(24-23-17)21(27)22-12-15-6-4-10-29-15/h2-3,5,7,15H,4,6,8-13H2,1H3,(H,22,27)(H,23,24). The number of benzene rings is 1. The maximum atomic E-state index is 12.9. The van der Waals surface area contributed by atoms with Crippen LogP contribution < -0.4 is 10.1 Å². The van der Waals surface area contributed by atoms with E-state index < -0.39 is 0 Å². The largest absolute Gasteiger partial charge is 0.496 e. The number of ether oxygens (including phenoxy) is 2. The second-order valence-corrected chi connectivity index (χ2v) is 7.43. The molecule has 1 atom stereocenters. The Kier molecular flexibility index (Phi) is 5.80. The highest BCUT2D eigenvalue weighted by Crippen LogP contribution is 2.23. The lowest BCUT2D eigenvalue weighted by Crippen LogP contribution is -2.38. The highest BCUT2D eigenvalue weighted by Gasteiger charge is 2.28. The molecule has 1 aromatic heterocycles. The van der Waals surface area contributed by atoms with Crippen molar-refractivity contribution in [3.63, 3.8) is 0 Å². The Labute approximate surface area is 169 Å². The number of aromatic nitrogens is 2. The van der Waals surface area contributed by atoms with Crippen LogP contribution in [0.1, 0.15) is 40.2 Å². The van der Waals surface area contributed by atoms with Gasteiger partial charge in [-0.3, -0.25) is 14.7 Å². The van der Waals surface area contributed by atoms with Crippen molar-refractivity contribution in [2.45, 2.75) is 38.3 Å². The van der Waals surface area contributed by atoms with Gasteiger partial charge in [0.15, 0.2) is 5.69 Å². The number of methoxy groups -OCH3 is 1. The molecule has 4 rings (SSSR count). The summed E-state index contributed by atoms with van der Waals surface area (Å²) in [5.74, 6) is 0.486. The third-order valence-corrected chi connectivity index (χ3v) is 5.55. The normalized spacial score (nSPS) is 18.4. The zero-order valence-corrected chi connectivity index (χ0v) is 16.6. The molecule has 0 spiro atoms. The van der Waals surface area contributed by atoms with Crippen molar-refractivity contribution in [3.8, 4) is 5.75 Å². The number of hydrogen-bond donors (Lipinski definition) is 2. The molecule has 1 saturated heterocycles. The van der Waals surface area contributed by atoms with E-state index in [-0.39, 0.29) is 24.3 Å². The summed E-state index contributed by atoms with van der Waals surface area (Å²) in [6.07, 6.45) is 2.98. The van der Waals surface area contributed by atoms with Crippen molar-refractivity contribution in [2.75, 3.05) is 26.8 Å². The highest BCUT2D eigenvalue weighted by atomic mass is 16.5. The minimum atomic E-state index is -0.225. The van der Waals surface area contributed by atoms with Crippen LogP contribution in [0.15, 0.2) is 24.3 Å². The second kappa shape index (κ2) is 8.65. The summed E-state index contributed by atoms with van der Waals surface area (Å²) in [5.41, 5.74) is 2.95. The van der Waals surface area contributed by atoms with E-state index in [4.69, 9.17) is 9.47 Å². The minimum Gasteiger partial charge on any atom is -0.496 e. The molecular formula is C21H26N4O4. The predicted molar refractivity (Wildman–Crippen MR) is 106 cm³/mol. The van der Waals surface area contributed by atoms with Gasteiger partial charge in [0.05, 0.1) is 19.6 Å². The van der Waals surface area contributed by atoms with Gasteiger partial charge in [-0.1, -0.05) is 18.2 Å². The number of fused-ring (bicyclic) bond motifs is 1. The van der Waals surface area contributed by atoms with Crippen molar-refractivity contribution in [2.24, 2.45) is 0 Å². The molecule has 8 heteroatoms. The van der Waals surface area contributed by atoms with Crippen molar-refractivity contribution in [1.29, 1.82) is 0 Å². The lowest BCUT2D eigenvalue weighted by molar-refractivity contribution is -0.131. The van der Waals surface area contributed by atoms with Crippen LogP contribution in [-0.2, 0) is 28.9 Å². The molecule has 0 saturated carbocycles. The number of hydrogen-bond acceptors (Lipinski definition) is 5. The average Bonchev–Trinajstić information content (AvgIpc) is 3.41. The Balaban J connectivity index is 1.41. The van der Waals surface area contributed by atoms with Crippen LogP contribution in [0.2, 0.25) is 0 Å². The first kappa shape index (κ1) is 19.4. The lowest BCUT2D eigenvalue weighted by Gasteiger charge is -2.27. The van der Waals surface area contributed by atoms with Crippen molar-refractivity contribution in [1.82, 2.24) is 20.4 Å². The molecule has 2 aromatic rings. The molecule has 0 bridgehead atoms. The summed E-state index contributed by atoms with van der Waals surface area (Å²) in [4.78, 5) is 27.3. The van der Waals surface area contributed by atoms with Crippen molar-refractivity contribution in [3.05, 3.63) is 46.8 Å². The third kappa shape index (κ3) is 4.27. The quantitative estimate of drug-likeness (QED) is 0.768. The first-order valence-electron chi connectivity index (χ1n) is 10.0. The summed E-state index contributed by atoms with van der Waals surface area (Å²) < 4.78 is 10.9. The Morgan fingerprint density at radius 3 is 3.03 bits per heavy atom. The minimum absolute atomic E-state index is 0.00654. The molecule has 29 heavy (non-hydrogen) atoms. The predicted octanol–water partition coefficient (Wildman–Crippen LogP) is 1.45. The Hall–Kier alpha value is -2.87. The molecule has 1 aromatic carbocycles. The number of nitrogens with one attached hydrogen (secondary N) is 2. The summed E-state index contributed by atoms with van der Waals surface area (Å²) in [6, 6.07) is 7.52. The first-order chi connectivity index (χ1) is 14.2. The molecule has 1 fully saturated rings. The number of amides is 2. The summed E-state index contributed by atoms with van der Waals surface area (Å²) >= 11 is 0. The zero-order chi connectivity index (χ0) is 20.2.